The summed E-state index contributed by atoms with van der Waals surface area (Å²) in [7, 11) is 1.62. The maximum Gasteiger partial charge on any atom is 0.314 e. The molecule has 1 amide bonds. The van der Waals surface area contributed by atoms with Gasteiger partial charge in [-0.3, -0.25) is 14.4 Å². The highest BCUT2D eigenvalue weighted by atomic mass is 16.5. The molecule has 9 nitrogen and oxygen atoms in total. The Kier molecular flexibility index (Phi) is 4.22. The molecule has 0 bridgehead atoms. The molecular weight excluding hydrogens is 326 g/mol. The number of amides is 1. The van der Waals surface area contributed by atoms with Gasteiger partial charge < -0.3 is 19.4 Å². The van der Waals surface area contributed by atoms with E-state index in [1.165, 1.54) is 11.0 Å². The van der Waals surface area contributed by atoms with Crippen LogP contribution < -0.4 is 11.1 Å². The lowest BCUT2D eigenvalue weighted by molar-refractivity contribution is 0.0780. The molecular formula is C16H17N5O4. The molecule has 0 atom stereocenters. The second kappa shape index (κ2) is 6.34. The van der Waals surface area contributed by atoms with Gasteiger partial charge >= 0.3 is 11.1 Å². The zero-order chi connectivity index (χ0) is 18.1. The molecule has 9 heteroatoms. The van der Waals surface area contributed by atoms with Gasteiger partial charge in [0.25, 0.3) is 5.91 Å². The van der Waals surface area contributed by atoms with Crippen LogP contribution in [0, 0.1) is 0 Å². The summed E-state index contributed by atoms with van der Waals surface area (Å²) in [5.74, 6) is 0.771. The summed E-state index contributed by atoms with van der Waals surface area (Å²) < 4.78 is 5.12. The van der Waals surface area contributed by atoms with Crippen molar-refractivity contribution in [3.05, 3.63) is 56.2 Å². The molecule has 2 N–H and O–H groups in total. The van der Waals surface area contributed by atoms with Crippen LogP contribution in [-0.4, -0.2) is 38.0 Å². The molecule has 0 aliphatic carbocycles. The lowest BCUT2D eigenvalue weighted by atomic mass is 10.1. The molecule has 0 aliphatic heterocycles. The van der Waals surface area contributed by atoms with Gasteiger partial charge in [-0.2, -0.15) is 4.98 Å². The zero-order valence-electron chi connectivity index (χ0n) is 14.0. The molecule has 0 unspecified atom stereocenters. The van der Waals surface area contributed by atoms with Crippen LogP contribution in [0.1, 0.15) is 41.8 Å². The molecule has 2 aromatic heterocycles. The largest absolute Gasteiger partial charge is 0.339 e. The van der Waals surface area contributed by atoms with Crippen LogP contribution in [0.4, 0.5) is 0 Å². The Bertz CT molecular complexity index is 1050. The van der Waals surface area contributed by atoms with Crippen LogP contribution in [-0.2, 0) is 6.54 Å². The summed E-state index contributed by atoms with van der Waals surface area (Å²) >= 11 is 0. The first-order chi connectivity index (χ1) is 11.8. The first-order valence-corrected chi connectivity index (χ1v) is 7.69. The fraction of sp³-hybridized carbons (Fsp3) is 0.312. The summed E-state index contributed by atoms with van der Waals surface area (Å²) in [4.78, 5) is 45.9. The van der Waals surface area contributed by atoms with E-state index in [9.17, 15) is 14.4 Å². The lowest BCUT2D eigenvalue weighted by Crippen LogP contribution is -2.29. The van der Waals surface area contributed by atoms with E-state index < -0.39 is 11.1 Å². The topological polar surface area (TPSA) is 125 Å². The summed E-state index contributed by atoms with van der Waals surface area (Å²) in [6, 6.07) is 4.66. The van der Waals surface area contributed by atoms with E-state index in [0.717, 1.165) is 0 Å². The van der Waals surface area contributed by atoms with E-state index in [1.54, 1.807) is 19.2 Å². The smallest absolute Gasteiger partial charge is 0.314 e. The molecule has 3 aromatic rings. The zero-order valence-corrected chi connectivity index (χ0v) is 14.0. The van der Waals surface area contributed by atoms with Crippen molar-refractivity contribution in [1.82, 2.24) is 25.0 Å². The van der Waals surface area contributed by atoms with Crippen LogP contribution in [0.5, 0.6) is 0 Å². The van der Waals surface area contributed by atoms with Crippen LogP contribution >= 0.6 is 0 Å². The van der Waals surface area contributed by atoms with Gasteiger partial charge in [-0.1, -0.05) is 19.0 Å². The number of nitrogens with one attached hydrogen (secondary N) is 2. The fourth-order valence-electron chi connectivity index (χ4n) is 2.32. The summed E-state index contributed by atoms with van der Waals surface area (Å²) in [6.45, 7) is 4.06. The third-order valence-electron chi connectivity index (χ3n) is 3.67. The number of aromatic amines is 2. The van der Waals surface area contributed by atoms with Crippen LogP contribution in [0.15, 0.2) is 32.3 Å². The Labute approximate surface area is 141 Å². The molecule has 25 heavy (non-hydrogen) atoms. The first kappa shape index (κ1) is 16.6. The van der Waals surface area contributed by atoms with Crippen molar-refractivity contribution < 1.29 is 9.32 Å². The van der Waals surface area contributed by atoms with Crippen LogP contribution in [0.3, 0.4) is 0 Å². The van der Waals surface area contributed by atoms with Crippen LogP contribution in [0.25, 0.3) is 11.0 Å². The molecule has 130 valence electrons. The van der Waals surface area contributed by atoms with Gasteiger partial charge in [-0.15, -0.1) is 0 Å². The summed E-state index contributed by atoms with van der Waals surface area (Å²) in [5.41, 5.74) is -0.306. The van der Waals surface area contributed by atoms with Crippen molar-refractivity contribution in [2.24, 2.45) is 0 Å². The lowest BCUT2D eigenvalue weighted by Gasteiger charge is -2.15. The molecule has 2 heterocycles. The Morgan fingerprint density at radius 1 is 1.20 bits per heavy atom. The number of nitrogens with zero attached hydrogens (tertiary/aromatic N) is 3. The van der Waals surface area contributed by atoms with Gasteiger partial charge in [-0.25, -0.2) is 0 Å². The second-order valence-corrected chi connectivity index (χ2v) is 6.03. The number of hydrogen-bond donors (Lipinski definition) is 2. The highest BCUT2D eigenvalue weighted by Crippen LogP contribution is 2.14. The quantitative estimate of drug-likeness (QED) is 0.681. The number of carbonyl (C=O) groups excluding carboxylic acids is 1. The van der Waals surface area contributed by atoms with Gasteiger partial charge in [0.1, 0.15) is 0 Å². The molecule has 1 aromatic carbocycles. The number of rotatable bonds is 4. The average molecular weight is 343 g/mol. The molecule has 0 saturated heterocycles. The molecule has 0 spiro atoms. The SMILES string of the molecule is CC(C)c1nc(CN(C)C(=O)c2ccc3[nH]c(=O)c(=O)[nH]c3c2)no1. The third-order valence-corrected chi connectivity index (χ3v) is 3.67. The Hall–Kier alpha value is -3.23. The third kappa shape index (κ3) is 3.35. The minimum absolute atomic E-state index is 0.113. The normalized spacial score (nSPS) is 11.2. The monoisotopic (exact) mass is 343 g/mol. The maximum atomic E-state index is 12.6. The molecule has 0 aliphatic rings. The van der Waals surface area contributed by atoms with E-state index in [-0.39, 0.29) is 18.4 Å². The fourth-order valence-corrected chi connectivity index (χ4v) is 2.32. The number of H-pyrrole nitrogens is 2. The number of hydrogen-bond acceptors (Lipinski definition) is 6. The van der Waals surface area contributed by atoms with Gasteiger partial charge in [0, 0.05) is 18.5 Å². The van der Waals surface area contributed by atoms with E-state index in [1.807, 2.05) is 13.8 Å². The Morgan fingerprint density at radius 3 is 2.52 bits per heavy atom. The second-order valence-electron chi connectivity index (χ2n) is 6.03. The Balaban J connectivity index is 1.83. The van der Waals surface area contributed by atoms with Crippen molar-refractivity contribution in [3.8, 4) is 0 Å². The number of aromatic nitrogens is 4. The van der Waals surface area contributed by atoms with E-state index in [4.69, 9.17) is 4.52 Å². The summed E-state index contributed by atoms with van der Waals surface area (Å²) in [5, 5.41) is 3.86. The molecule has 0 saturated carbocycles. The highest BCUT2D eigenvalue weighted by molar-refractivity contribution is 5.97. The van der Waals surface area contributed by atoms with Crippen molar-refractivity contribution >= 4 is 16.9 Å². The summed E-state index contributed by atoms with van der Waals surface area (Å²) in [6.07, 6.45) is 0. The van der Waals surface area contributed by atoms with Crippen molar-refractivity contribution in [2.45, 2.75) is 26.3 Å². The number of benzene rings is 1. The average Bonchev–Trinajstić information content (AvgIpc) is 3.03. The van der Waals surface area contributed by atoms with Crippen molar-refractivity contribution in [3.63, 3.8) is 0 Å². The van der Waals surface area contributed by atoms with E-state index in [2.05, 4.69) is 20.1 Å². The minimum atomic E-state index is -0.765. The van der Waals surface area contributed by atoms with Crippen molar-refractivity contribution in [1.29, 1.82) is 0 Å². The molecule has 0 fully saturated rings. The Morgan fingerprint density at radius 2 is 1.88 bits per heavy atom. The van der Waals surface area contributed by atoms with Gasteiger partial charge in [-0.05, 0) is 18.2 Å². The maximum absolute atomic E-state index is 12.6. The number of fused-ring (bicyclic) bond motifs is 1. The standard InChI is InChI=1S/C16H17N5O4/c1-8(2)15-19-12(20-25-15)7-21(3)16(24)9-4-5-10-11(6-9)18-14(23)13(22)17-10/h4-6,8H,7H2,1-3H3,(H,17,22)(H,18,23). The van der Waals surface area contributed by atoms with Crippen molar-refractivity contribution in [2.75, 3.05) is 7.05 Å². The predicted octanol–water partition coefficient (Wildman–Crippen LogP) is 0.995. The number of carbonyl (C=O) groups is 1. The minimum Gasteiger partial charge on any atom is -0.339 e. The predicted molar refractivity (Wildman–Crippen MR) is 89.4 cm³/mol. The van der Waals surface area contributed by atoms with Crippen LogP contribution in [0.2, 0.25) is 0 Å². The molecule has 3 rings (SSSR count). The first-order valence-electron chi connectivity index (χ1n) is 7.69. The van der Waals surface area contributed by atoms with Gasteiger partial charge in [0.05, 0.1) is 17.6 Å². The van der Waals surface area contributed by atoms with E-state index >= 15 is 0 Å². The highest BCUT2D eigenvalue weighted by Gasteiger charge is 2.17. The van der Waals surface area contributed by atoms with E-state index in [0.29, 0.717) is 28.3 Å². The molecule has 0 radical (unpaired) electrons. The van der Waals surface area contributed by atoms with Gasteiger partial charge in [0.15, 0.2) is 5.82 Å². The van der Waals surface area contributed by atoms with Gasteiger partial charge in [0.2, 0.25) is 5.89 Å².